The highest BCUT2D eigenvalue weighted by molar-refractivity contribution is 5.97. The highest BCUT2D eigenvalue weighted by Crippen LogP contribution is 2.15. The van der Waals surface area contributed by atoms with E-state index in [1.165, 1.54) is 0 Å². The predicted molar refractivity (Wildman–Crippen MR) is 56.5 cm³/mol. The molecule has 76 valence electrons. The van der Waals surface area contributed by atoms with Crippen LogP contribution in [0.5, 0.6) is 0 Å². The van der Waals surface area contributed by atoms with Crippen LogP contribution in [0.2, 0.25) is 0 Å². The molecule has 0 heterocycles. The van der Waals surface area contributed by atoms with E-state index in [1.807, 2.05) is 32.0 Å². The predicted octanol–water partition coefficient (Wildman–Crippen LogP) is 2.26. The maximum atomic E-state index is 11.7. The molecule has 1 aromatic carbocycles. The van der Waals surface area contributed by atoms with Gasteiger partial charge in [0, 0.05) is 12.0 Å². The number of aryl methyl sites for hydroxylation is 1. The largest absolute Gasteiger partial charge is 0.393 e. The van der Waals surface area contributed by atoms with Gasteiger partial charge in [-0.3, -0.25) is 4.79 Å². The molecule has 0 saturated carbocycles. The van der Waals surface area contributed by atoms with E-state index in [4.69, 9.17) is 5.11 Å². The summed E-state index contributed by atoms with van der Waals surface area (Å²) < 4.78 is 0. The Morgan fingerprint density at radius 3 is 2.64 bits per heavy atom. The van der Waals surface area contributed by atoms with Crippen molar-refractivity contribution in [3.05, 3.63) is 34.9 Å². The summed E-state index contributed by atoms with van der Waals surface area (Å²) in [6.45, 7) is 5.54. The zero-order valence-electron chi connectivity index (χ0n) is 8.87. The third-order valence-corrected chi connectivity index (χ3v) is 2.39. The van der Waals surface area contributed by atoms with Gasteiger partial charge in [0.05, 0.1) is 6.10 Å². The summed E-state index contributed by atoms with van der Waals surface area (Å²) in [7, 11) is 0. The number of ketones is 1. The molecule has 0 aliphatic carbocycles. The van der Waals surface area contributed by atoms with Crippen molar-refractivity contribution in [2.45, 2.75) is 33.3 Å². The van der Waals surface area contributed by atoms with Crippen LogP contribution in [0.25, 0.3) is 0 Å². The first kappa shape index (κ1) is 10.9. The van der Waals surface area contributed by atoms with E-state index in [0.717, 1.165) is 16.7 Å². The van der Waals surface area contributed by atoms with Crippen molar-refractivity contribution < 1.29 is 9.90 Å². The van der Waals surface area contributed by atoms with Crippen molar-refractivity contribution in [2.24, 2.45) is 0 Å². The van der Waals surface area contributed by atoms with Gasteiger partial charge in [0.15, 0.2) is 5.78 Å². The molecule has 0 aliphatic heterocycles. The van der Waals surface area contributed by atoms with Crippen molar-refractivity contribution in [3.8, 4) is 0 Å². The third kappa shape index (κ3) is 2.42. The molecule has 14 heavy (non-hydrogen) atoms. The van der Waals surface area contributed by atoms with E-state index in [0.29, 0.717) is 0 Å². The average Bonchev–Trinajstić information content (AvgIpc) is 2.08. The Hall–Kier alpha value is -1.15. The molecule has 0 amide bonds. The summed E-state index contributed by atoms with van der Waals surface area (Å²) in [5.41, 5.74) is 2.85. The Balaban J connectivity index is 2.96. The first-order valence-electron chi connectivity index (χ1n) is 4.80. The van der Waals surface area contributed by atoms with E-state index in [2.05, 4.69) is 0 Å². The highest BCUT2D eigenvalue weighted by Gasteiger charge is 2.11. The van der Waals surface area contributed by atoms with Gasteiger partial charge in [-0.05, 0) is 31.9 Å². The number of hydrogen-bond donors (Lipinski definition) is 1. The van der Waals surface area contributed by atoms with Gasteiger partial charge in [-0.15, -0.1) is 0 Å². The molecule has 0 radical (unpaired) electrons. The van der Waals surface area contributed by atoms with Crippen LogP contribution in [0.1, 0.15) is 34.8 Å². The number of carbonyl (C=O) groups is 1. The molecule has 0 spiro atoms. The van der Waals surface area contributed by atoms with Gasteiger partial charge >= 0.3 is 0 Å². The minimum Gasteiger partial charge on any atom is -0.393 e. The van der Waals surface area contributed by atoms with Gasteiger partial charge in [0.25, 0.3) is 0 Å². The summed E-state index contributed by atoms with van der Waals surface area (Å²) in [5, 5.41) is 9.12. The Morgan fingerprint density at radius 2 is 2.07 bits per heavy atom. The molecular formula is C12H16O2. The molecule has 1 unspecified atom stereocenters. The summed E-state index contributed by atoms with van der Waals surface area (Å²) in [6, 6.07) is 5.67. The van der Waals surface area contributed by atoms with Crippen molar-refractivity contribution in [1.29, 1.82) is 0 Å². The number of carbonyl (C=O) groups excluding carboxylic acids is 1. The van der Waals surface area contributed by atoms with E-state index in [-0.39, 0.29) is 12.2 Å². The number of aliphatic hydroxyl groups is 1. The average molecular weight is 192 g/mol. The van der Waals surface area contributed by atoms with Crippen LogP contribution in [0.3, 0.4) is 0 Å². The van der Waals surface area contributed by atoms with Crippen molar-refractivity contribution in [3.63, 3.8) is 0 Å². The van der Waals surface area contributed by atoms with Crippen LogP contribution in [0, 0.1) is 13.8 Å². The number of aliphatic hydroxyl groups excluding tert-OH is 1. The molecule has 1 rings (SSSR count). The lowest BCUT2D eigenvalue weighted by atomic mass is 9.97. The Kier molecular flexibility index (Phi) is 3.42. The van der Waals surface area contributed by atoms with Crippen LogP contribution >= 0.6 is 0 Å². The molecule has 0 aromatic heterocycles. The zero-order valence-corrected chi connectivity index (χ0v) is 8.87. The quantitative estimate of drug-likeness (QED) is 0.746. The lowest BCUT2D eigenvalue weighted by molar-refractivity contribution is 0.0900. The SMILES string of the molecule is Cc1cccc(C(=O)CC(C)O)c1C. The molecule has 0 saturated heterocycles. The van der Waals surface area contributed by atoms with E-state index in [1.54, 1.807) is 6.92 Å². The molecule has 0 fully saturated rings. The fraction of sp³-hybridized carbons (Fsp3) is 0.417. The summed E-state index contributed by atoms with van der Waals surface area (Å²) in [6.07, 6.45) is -0.369. The molecule has 0 bridgehead atoms. The third-order valence-electron chi connectivity index (χ3n) is 2.39. The van der Waals surface area contributed by atoms with Gasteiger partial charge in [-0.25, -0.2) is 0 Å². The van der Waals surface area contributed by atoms with E-state index < -0.39 is 6.10 Å². The number of Topliss-reactive ketones (excluding diaryl/α,β-unsaturated/α-hetero) is 1. The van der Waals surface area contributed by atoms with Crippen molar-refractivity contribution in [1.82, 2.24) is 0 Å². The van der Waals surface area contributed by atoms with Crippen LogP contribution in [-0.4, -0.2) is 17.0 Å². The van der Waals surface area contributed by atoms with Gasteiger partial charge in [0.2, 0.25) is 0 Å². The van der Waals surface area contributed by atoms with Crippen LogP contribution < -0.4 is 0 Å². The summed E-state index contributed by atoms with van der Waals surface area (Å²) >= 11 is 0. The standard InChI is InChI=1S/C12H16O2/c1-8-5-4-6-11(10(8)3)12(14)7-9(2)13/h4-6,9,13H,7H2,1-3H3. The lowest BCUT2D eigenvalue weighted by Crippen LogP contribution is -2.11. The fourth-order valence-electron chi connectivity index (χ4n) is 1.43. The highest BCUT2D eigenvalue weighted by atomic mass is 16.3. The molecule has 1 atom stereocenters. The Labute approximate surface area is 84.6 Å². The molecule has 1 N–H and O–H groups in total. The molecule has 0 aliphatic rings. The zero-order chi connectivity index (χ0) is 10.7. The van der Waals surface area contributed by atoms with Crippen LogP contribution in [0.15, 0.2) is 18.2 Å². The number of benzene rings is 1. The van der Waals surface area contributed by atoms with E-state index in [9.17, 15) is 4.79 Å². The summed E-state index contributed by atoms with van der Waals surface area (Å²) in [4.78, 5) is 11.7. The second-order valence-corrected chi connectivity index (χ2v) is 3.72. The van der Waals surface area contributed by atoms with E-state index >= 15 is 0 Å². The first-order chi connectivity index (χ1) is 6.52. The van der Waals surface area contributed by atoms with Gasteiger partial charge in [0.1, 0.15) is 0 Å². The first-order valence-corrected chi connectivity index (χ1v) is 4.80. The smallest absolute Gasteiger partial charge is 0.165 e. The minimum atomic E-state index is -0.567. The van der Waals surface area contributed by atoms with Gasteiger partial charge < -0.3 is 5.11 Å². The topological polar surface area (TPSA) is 37.3 Å². The maximum absolute atomic E-state index is 11.7. The van der Waals surface area contributed by atoms with Crippen molar-refractivity contribution >= 4 is 5.78 Å². The maximum Gasteiger partial charge on any atom is 0.165 e. The fourth-order valence-corrected chi connectivity index (χ4v) is 1.43. The normalized spacial score (nSPS) is 12.6. The second kappa shape index (κ2) is 4.38. The molecular weight excluding hydrogens is 176 g/mol. The summed E-state index contributed by atoms with van der Waals surface area (Å²) in [5.74, 6) is 0.0150. The Bertz CT molecular complexity index is 340. The Morgan fingerprint density at radius 1 is 1.43 bits per heavy atom. The van der Waals surface area contributed by atoms with Crippen LogP contribution in [0.4, 0.5) is 0 Å². The molecule has 1 aromatic rings. The number of hydrogen-bond acceptors (Lipinski definition) is 2. The second-order valence-electron chi connectivity index (χ2n) is 3.72. The minimum absolute atomic E-state index is 0.0150. The molecule has 2 nitrogen and oxygen atoms in total. The number of rotatable bonds is 3. The monoisotopic (exact) mass is 192 g/mol. The molecule has 2 heteroatoms. The van der Waals surface area contributed by atoms with Crippen molar-refractivity contribution in [2.75, 3.05) is 0 Å². The van der Waals surface area contributed by atoms with Crippen LogP contribution in [-0.2, 0) is 0 Å². The van der Waals surface area contributed by atoms with Gasteiger partial charge in [-0.1, -0.05) is 18.2 Å². The lowest BCUT2D eigenvalue weighted by Gasteiger charge is -2.08. The van der Waals surface area contributed by atoms with Gasteiger partial charge in [-0.2, -0.15) is 0 Å².